The molecule has 2 aromatic rings. The van der Waals surface area contributed by atoms with Gasteiger partial charge in [0, 0.05) is 6.20 Å². The van der Waals surface area contributed by atoms with Gasteiger partial charge in [-0.05, 0) is 47.4 Å². The van der Waals surface area contributed by atoms with Crippen molar-refractivity contribution in [1.82, 2.24) is 9.78 Å². The first-order valence-electron chi connectivity index (χ1n) is 9.00. The van der Waals surface area contributed by atoms with Gasteiger partial charge in [-0.1, -0.05) is 56.6 Å². The molecule has 0 unspecified atom stereocenters. The van der Waals surface area contributed by atoms with E-state index in [1.807, 2.05) is 24.3 Å². The van der Waals surface area contributed by atoms with Crippen LogP contribution in [-0.2, 0) is 10.2 Å². The lowest BCUT2D eigenvalue weighted by atomic mass is 9.86. The average molecular weight is 416 g/mol. The molecule has 0 radical (unpaired) electrons. The number of ether oxygens (including phenoxy) is 1. The van der Waals surface area contributed by atoms with E-state index in [1.165, 1.54) is 0 Å². The Morgan fingerprint density at radius 1 is 1.32 bits per heavy atom. The molecule has 7 heteroatoms. The predicted octanol–water partition coefficient (Wildman–Crippen LogP) is 6.06. The molecule has 0 spiro atoms. The van der Waals surface area contributed by atoms with Gasteiger partial charge in [0.25, 0.3) is 0 Å². The van der Waals surface area contributed by atoms with Crippen molar-refractivity contribution < 1.29 is 9.53 Å². The number of rotatable bonds is 4. The summed E-state index contributed by atoms with van der Waals surface area (Å²) in [7, 11) is 0. The lowest BCUT2D eigenvalue weighted by Crippen LogP contribution is -2.10. The molecule has 1 aliphatic rings. The molecule has 1 saturated carbocycles. The van der Waals surface area contributed by atoms with E-state index in [2.05, 4.69) is 31.9 Å². The molecule has 1 fully saturated rings. The smallest absolute Gasteiger partial charge is 0.372 e. The topological polar surface area (TPSA) is 67.9 Å². The van der Waals surface area contributed by atoms with Crippen molar-refractivity contribution in [3.05, 3.63) is 52.3 Å². The third-order valence-electron chi connectivity index (χ3n) is 4.58. The number of hydrogen-bond donors (Lipinski definition) is 0. The minimum atomic E-state index is -0.510. The Morgan fingerprint density at radius 3 is 2.46 bits per heavy atom. The Bertz CT molecular complexity index is 961. The highest BCUT2D eigenvalue weighted by Crippen LogP contribution is 2.38. The first-order chi connectivity index (χ1) is 13.2. The highest BCUT2D eigenvalue weighted by Gasteiger charge is 2.28. The van der Waals surface area contributed by atoms with Crippen LogP contribution < -0.4 is 0 Å². The standard InChI is InChI=1S/C21H22ClN3O2S/c1-21(2,3)14-7-5-13(6-8-14)16(11-23)18(27-20(26)28-4)17-12-25(15-9-10-15)24-19(17)22/h5-8,12,15H,9-10H2,1-4H3. The zero-order chi connectivity index (χ0) is 20.5. The van der Waals surface area contributed by atoms with Gasteiger partial charge in [-0.2, -0.15) is 10.4 Å². The van der Waals surface area contributed by atoms with Gasteiger partial charge >= 0.3 is 5.30 Å². The van der Waals surface area contributed by atoms with E-state index >= 15 is 0 Å². The van der Waals surface area contributed by atoms with Gasteiger partial charge in [0.1, 0.15) is 11.6 Å². The number of carbonyl (C=O) groups is 1. The Morgan fingerprint density at radius 2 is 1.96 bits per heavy atom. The van der Waals surface area contributed by atoms with E-state index in [0.29, 0.717) is 17.2 Å². The normalized spacial score (nSPS) is 15.0. The van der Waals surface area contributed by atoms with Gasteiger partial charge in [-0.25, -0.2) is 4.79 Å². The lowest BCUT2D eigenvalue weighted by Gasteiger charge is -2.19. The van der Waals surface area contributed by atoms with Crippen LogP contribution in [-0.4, -0.2) is 21.3 Å². The van der Waals surface area contributed by atoms with Crippen LogP contribution >= 0.6 is 23.4 Å². The molecule has 0 amide bonds. The van der Waals surface area contributed by atoms with E-state index < -0.39 is 5.30 Å². The van der Waals surface area contributed by atoms with Crippen LogP contribution in [0, 0.1) is 11.3 Å². The van der Waals surface area contributed by atoms with E-state index in [0.717, 1.165) is 30.2 Å². The van der Waals surface area contributed by atoms with Gasteiger partial charge in [-0.15, -0.1) is 0 Å². The summed E-state index contributed by atoms with van der Waals surface area (Å²) in [5.74, 6) is 0.141. The molecule has 146 valence electrons. The summed E-state index contributed by atoms with van der Waals surface area (Å²) in [4.78, 5) is 12.0. The summed E-state index contributed by atoms with van der Waals surface area (Å²) in [5.41, 5.74) is 2.51. The van der Waals surface area contributed by atoms with Gasteiger partial charge < -0.3 is 4.74 Å². The molecule has 0 bridgehead atoms. The summed E-state index contributed by atoms with van der Waals surface area (Å²) < 4.78 is 7.31. The highest BCUT2D eigenvalue weighted by atomic mass is 35.5. The lowest BCUT2D eigenvalue weighted by molar-refractivity contribution is 0.220. The van der Waals surface area contributed by atoms with Crippen molar-refractivity contribution in [2.24, 2.45) is 0 Å². The van der Waals surface area contributed by atoms with Crippen molar-refractivity contribution in [3.8, 4) is 6.07 Å². The number of allylic oxidation sites excluding steroid dienone is 1. The summed E-state index contributed by atoms with van der Waals surface area (Å²) in [6.07, 6.45) is 5.46. The van der Waals surface area contributed by atoms with Crippen LogP contribution in [0.5, 0.6) is 0 Å². The molecule has 0 atom stereocenters. The van der Waals surface area contributed by atoms with Crippen LogP contribution in [0.15, 0.2) is 30.5 Å². The van der Waals surface area contributed by atoms with Crippen LogP contribution in [0.4, 0.5) is 4.79 Å². The van der Waals surface area contributed by atoms with E-state index in [9.17, 15) is 10.1 Å². The van der Waals surface area contributed by atoms with Gasteiger partial charge in [0.15, 0.2) is 10.9 Å². The number of halogens is 1. The fourth-order valence-electron chi connectivity index (χ4n) is 2.80. The molecule has 0 aliphatic heterocycles. The van der Waals surface area contributed by atoms with Crippen LogP contribution in [0.25, 0.3) is 11.3 Å². The number of aromatic nitrogens is 2. The summed E-state index contributed by atoms with van der Waals surface area (Å²) in [6.45, 7) is 6.38. The minimum Gasteiger partial charge on any atom is -0.416 e. The summed E-state index contributed by atoms with van der Waals surface area (Å²) in [6, 6.07) is 10.2. The quantitative estimate of drug-likeness (QED) is 0.345. The molecule has 0 saturated heterocycles. The van der Waals surface area contributed by atoms with Gasteiger partial charge in [-0.3, -0.25) is 4.68 Å². The number of nitriles is 1. The number of nitrogens with zero attached hydrogens (tertiary/aromatic N) is 3. The maximum Gasteiger partial charge on any atom is 0.372 e. The van der Waals surface area contributed by atoms with Crippen LogP contribution in [0.1, 0.15) is 56.3 Å². The SMILES string of the molecule is CSC(=O)OC(=C(C#N)c1ccc(C(C)(C)C)cc1)c1cn(C2CC2)nc1Cl. The number of benzene rings is 1. The fraction of sp³-hybridized carbons (Fsp3) is 0.381. The van der Waals surface area contributed by atoms with Crippen molar-refractivity contribution in [2.45, 2.75) is 45.1 Å². The average Bonchev–Trinajstić information content (AvgIpc) is 3.43. The second-order valence-electron chi connectivity index (χ2n) is 7.74. The maximum absolute atomic E-state index is 12.0. The Kier molecular flexibility index (Phi) is 5.87. The molecular weight excluding hydrogens is 394 g/mol. The second-order valence-corrected chi connectivity index (χ2v) is 8.84. The first kappa shape index (κ1) is 20.5. The fourth-order valence-corrected chi connectivity index (χ4v) is 3.19. The third-order valence-corrected chi connectivity index (χ3v) is 5.28. The molecule has 28 heavy (non-hydrogen) atoms. The number of hydrogen-bond acceptors (Lipinski definition) is 5. The van der Waals surface area contributed by atoms with E-state index in [4.69, 9.17) is 16.3 Å². The second kappa shape index (κ2) is 8.02. The van der Waals surface area contributed by atoms with Crippen LogP contribution in [0.3, 0.4) is 0 Å². The predicted molar refractivity (Wildman–Crippen MR) is 113 cm³/mol. The molecule has 1 aliphatic carbocycles. The first-order valence-corrected chi connectivity index (χ1v) is 10.6. The van der Waals surface area contributed by atoms with E-state index in [-0.39, 0.29) is 21.9 Å². The zero-order valence-corrected chi connectivity index (χ0v) is 17.9. The van der Waals surface area contributed by atoms with Crippen molar-refractivity contribution in [3.63, 3.8) is 0 Å². The van der Waals surface area contributed by atoms with Crippen molar-refractivity contribution in [2.75, 3.05) is 6.26 Å². The van der Waals surface area contributed by atoms with Gasteiger partial charge in [0.2, 0.25) is 0 Å². The highest BCUT2D eigenvalue weighted by molar-refractivity contribution is 8.12. The minimum absolute atomic E-state index is 0.00207. The Balaban J connectivity index is 2.11. The summed E-state index contributed by atoms with van der Waals surface area (Å²) >= 11 is 7.27. The molecule has 0 N–H and O–H groups in total. The molecular formula is C21H22ClN3O2S. The summed E-state index contributed by atoms with van der Waals surface area (Å²) in [5, 5.41) is 13.9. The molecule has 5 nitrogen and oxygen atoms in total. The number of carbonyl (C=O) groups excluding carboxylic acids is 1. The van der Waals surface area contributed by atoms with Crippen molar-refractivity contribution >= 4 is 40.0 Å². The van der Waals surface area contributed by atoms with Crippen LogP contribution in [0.2, 0.25) is 5.15 Å². The molecule has 1 aromatic heterocycles. The Labute approximate surface area is 174 Å². The maximum atomic E-state index is 12.0. The Hall–Kier alpha value is -2.23. The molecule has 1 aromatic carbocycles. The molecule has 3 rings (SSSR count). The zero-order valence-electron chi connectivity index (χ0n) is 16.3. The molecule has 1 heterocycles. The van der Waals surface area contributed by atoms with Gasteiger partial charge in [0.05, 0.1) is 11.6 Å². The third kappa shape index (κ3) is 4.43. The number of thioether (sulfide) groups is 1. The van der Waals surface area contributed by atoms with Crippen molar-refractivity contribution in [1.29, 1.82) is 5.26 Å². The largest absolute Gasteiger partial charge is 0.416 e. The monoisotopic (exact) mass is 415 g/mol. The van der Waals surface area contributed by atoms with E-state index in [1.54, 1.807) is 17.1 Å².